The molecule has 6 nitrogen and oxygen atoms in total. The number of ether oxygens (including phenoxy) is 1. The molecule has 1 amide bonds. The van der Waals surface area contributed by atoms with E-state index in [2.05, 4.69) is 10.4 Å². The Hall–Kier alpha value is -3.52. The standard InChI is InChI=1S/C21H16FN3O3S/c1-12-18-11-19(21(27)28-17-9-5-15(6-10-17)23-13(2)26)29-20(18)25(24-12)16-7-3-14(22)4-8-16/h3-11H,1-2H3,(H,23,26). The molecule has 2 aromatic heterocycles. The average Bonchev–Trinajstić information content (AvgIpc) is 3.25. The number of thiophene rings is 1. The number of amides is 1. The number of aryl methyl sites for hydroxylation is 1. The van der Waals surface area contributed by atoms with Gasteiger partial charge in [0.2, 0.25) is 5.91 Å². The Bertz CT molecular complexity index is 1210. The Labute approximate surface area is 169 Å². The molecule has 29 heavy (non-hydrogen) atoms. The van der Waals surface area contributed by atoms with Crippen molar-refractivity contribution in [2.75, 3.05) is 5.32 Å². The average molecular weight is 409 g/mol. The fourth-order valence-corrected chi connectivity index (χ4v) is 3.93. The number of benzene rings is 2. The Morgan fingerprint density at radius 3 is 2.45 bits per heavy atom. The van der Waals surface area contributed by atoms with Crippen LogP contribution in [0.25, 0.3) is 15.9 Å². The molecule has 0 saturated carbocycles. The first-order chi connectivity index (χ1) is 13.9. The van der Waals surface area contributed by atoms with E-state index in [0.717, 1.165) is 15.9 Å². The topological polar surface area (TPSA) is 73.2 Å². The summed E-state index contributed by atoms with van der Waals surface area (Å²) < 4.78 is 20.3. The molecule has 0 radical (unpaired) electrons. The summed E-state index contributed by atoms with van der Waals surface area (Å²) >= 11 is 1.26. The van der Waals surface area contributed by atoms with Crippen LogP contribution in [0.4, 0.5) is 10.1 Å². The van der Waals surface area contributed by atoms with Crippen molar-refractivity contribution in [3.8, 4) is 11.4 Å². The molecule has 0 aliphatic heterocycles. The summed E-state index contributed by atoms with van der Waals surface area (Å²) in [6.45, 7) is 3.27. The van der Waals surface area contributed by atoms with Crippen molar-refractivity contribution in [3.63, 3.8) is 0 Å². The lowest BCUT2D eigenvalue weighted by Crippen LogP contribution is -2.07. The van der Waals surface area contributed by atoms with Crippen molar-refractivity contribution in [2.24, 2.45) is 0 Å². The molecule has 4 rings (SSSR count). The number of halogens is 1. The molecule has 0 aliphatic carbocycles. The molecular formula is C21H16FN3O3S. The van der Waals surface area contributed by atoms with Crippen LogP contribution in [0.15, 0.2) is 54.6 Å². The highest BCUT2D eigenvalue weighted by molar-refractivity contribution is 7.20. The molecule has 0 aliphatic rings. The van der Waals surface area contributed by atoms with Gasteiger partial charge in [0.05, 0.1) is 11.4 Å². The van der Waals surface area contributed by atoms with Crippen molar-refractivity contribution in [1.29, 1.82) is 0 Å². The highest BCUT2D eigenvalue weighted by atomic mass is 32.1. The second kappa shape index (κ2) is 7.48. The molecule has 1 N–H and O–H groups in total. The number of fused-ring (bicyclic) bond motifs is 1. The van der Waals surface area contributed by atoms with Crippen molar-refractivity contribution in [1.82, 2.24) is 9.78 Å². The molecule has 2 aromatic carbocycles. The van der Waals surface area contributed by atoms with Crippen LogP contribution >= 0.6 is 11.3 Å². The number of rotatable bonds is 4. The zero-order valence-corrected chi connectivity index (χ0v) is 16.4. The zero-order chi connectivity index (χ0) is 20.5. The van der Waals surface area contributed by atoms with E-state index in [9.17, 15) is 14.0 Å². The van der Waals surface area contributed by atoms with Crippen LogP contribution in [-0.2, 0) is 4.79 Å². The van der Waals surface area contributed by atoms with E-state index in [1.165, 1.54) is 30.4 Å². The van der Waals surface area contributed by atoms with Crippen molar-refractivity contribution in [3.05, 3.63) is 71.0 Å². The lowest BCUT2D eigenvalue weighted by atomic mass is 10.3. The number of esters is 1. The first-order valence-corrected chi connectivity index (χ1v) is 9.57. The molecule has 0 fully saturated rings. The summed E-state index contributed by atoms with van der Waals surface area (Å²) in [7, 11) is 0. The SMILES string of the molecule is CC(=O)Nc1ccc(OC(=O)c2cc3c(C)nn(-c4ccc(F)cc4)c3s2)cc1. The third-order valence-corrected chi connectivity index (χ3v) is 5.29. The molecule has 0 atom stereocenters. The Balaban J connectivity index is 1.59. The van der Waals surface area contributed by atoms with Gasteiger partial charge in [-0.1, -0.05) is 0 Å². The van der Waals surface area contributed by atoms with Gasteiger partial charge in [-0.05, 0) is 61.5 Å². The summed E-state index contributed by atoms with van der Waals surface area (Å²) in [5, 5.41) is 7.98. The fourth-order valence-electron chi connectivity index (χ4n) is 2.87. The molecule has 146 valence electrons. The van der Waals surface area contributed by atoms with Gasteiger partial charge in [-0.2, -0.15) is 5.10 Å². The maximum Gasteiger partial charge on any atom is 0.353 e. The first-order valence-electron chi connectivity index (χ1n) is 8.75. The molecule has 0 spiro atoms. The third kappa shape index (κ3) is 3.88. The fraction of sp³-hybridized carbons (Fsp3) is 0.0952. The van der Waals surface area contributed by atoms with Gasteiger partial charge in [0.15, 0.2) is 0 Å². The number of nitrogens with one attached hydrogen (secondary N) is 1. The van der Waals surface area contributed by atoms with E-state index in [1.807, 2.05) is 6.92 Å². The molecular weight excluding hydrogens is 393 g/mol. The molecule has 0 saturated heterocycles. The Morgan fingerprint density at radius 1 is 1.10 bits per heavy atom. The quantitative estimate of drug-likeness (QED) is 0.391. The predicted octanol–water partition coefficient (Wildman–Crippen LogP) is 4.71. The van der Waals surface area contributed by atoms with E-state index in [4.69, 9.17) is 4.74 Å². The summed E-state index contributed by atoms with van der Waals surface area (Å²) in [6, 6.07) is 14.3. The first kappa shape index (κ1) is 18.8. The van der Waals surface area contributed by atoms with Crippen molar-refractivity contribution < 1.29 is 18.7 Å². The van der Waals surface area contributed by atoms with Crippen LogP contribution in [0, 0.1) is 12.7 Å². The lowest BCUT2D eigenvalue weighted by Gasteiger charge is -2.05. The number of carbonyl (C=O) groups excluding carboxylic acids is 2. The maximum absolute atomic E-state index is 13.2. The van der Waals surface area contributed by atoms with Crippen molar-refractivity contribution >= 4 is 39.1 Å². The van der Waals surface area contributed by atoms with Crippen LogP contribution in [0.1, 0.15) is 22.3 Å². The lowest BCUT2D eigenvalue weighted by molar-refractivity contribution is -0.114. The summed E-state index contributed by atoms with van der Waals surface area (Å²) in [4.78, 5) is 24.9. The summed E-state index contributed by atoms with van der Waals surface area (Å²) in [6.07, 6.45) is 0. The van der Waals surface area contributed by atoms with Gasteiger partial charge < -0.3 is 10.1 Å². The number of hydrogen-bond acceptors (Lipinski definition) is 5. The number of hydrogen-bond donors (Lipinski definition) is 1. The molecule has 4 aromatic rings. The number of aromatic nitrogens is 2. The molecule has 2 heterocycles. The Morgan fingerprint density at radius 2 is 1.79 bits per heavy atom. The number of carbonyl (C=O) groups is 2. The van der Waals surface area contributed by atoms with E-state index in [0.29, 0.717) is 22.0 Å². The smallest absolute Gasteiger partial charge is 0.353 e. The second-order valence-corrected chi connectivity index (χ2v) is 7.43. The van der Waals surface area contributed by atoms with Gasteiger partial charge in [0.1, 0.15) is 21.3 Å². The van der Waals surface area contributed by atoms with Crippen LogP contribution in [0.2, 0.25) is 0 Å². The van der Waals surface area contributed by atoms with Crippen LogP contribution in [-0.4, -0.2) is 21.7 Å². The Kier molecular flexibility index (Phi) is 4.85. The summed E-state index contributed by atoms with van der Waals surface area (Å²) in [5.41, 5.74) is 2.09. The van der Waals surface area contributed by atoms with Gasteiger partial charge in [0, 0.05) is 18.0 Å². The zero-order valence-electron chi connectivity index (χ0n) is 15.6. The van der Waals surface area contributed by atoms with Crippen LogP contribution < -0.4 is 10.1 Å². The highest BCUT2D eigenvalue weighted by Crippen LogP contribution is 2.31. The maximum atomic E-state index is 13.2. The minimum absolute atomic E-state index is 0.175. The molecule has 0 bridgehead atoms. The van der Waals surface area contributed by atoms with Crippen LogP contribution in [0.5, 0.6) is 5.75 Å². The minimum atomic E-state index is -0.483. The number of anilines is 1. The largest absolute Gasteiger partial charge is 0.422 e. The monoisotopic (exact) mass is 409 g/mol. The van der Waals surface area contributed by atoms with E-state index < -0.39 is 5.97 Å². The van der Waals surface area contributed by atoms with Crippen molar-refractivity contribution in [2.45, 2.75) is 13.8 Å². The van der Waals surface area contributed by atoms with Gasteiger partial charge in [-0.3, -0.25) is 4.79 Å². The predicted molar refractivity (Wildman–Crippen MR) is 109 cm³/mol. The summed E-state index contributed by atoms with van der Waals surface area (Å²) in [5.74, 6) is -0.610. The van der Waals surface area contributed by atoms with Gasteiger partial charge in [-0.25, -0.2) is 13.9 Å². The van der Waals surface area contributed by atoms with E-state index in [1.54, 1.807) is 47.1 Å². The second-order valence-electron chi connectivity index (χ2n) is 6.40. The minimum Gasteiger partial charge on any atom is -0.422 e. The number of nitrogens with zero attached hydrogens (tertiary/aromatic N) is 2. The van der Waals surface area contributed by atoms with Gasteiger partial charge >= 0.3 is 5.97 Å². The van der Waals surface area contributed by atoms with Gasteiger partial charge in [0.25, 0.3) is 0 Å². The van der Waals surface area contributed by atoms with E-state index in [-0.39, 0.29) is 11.7 Å². The molecule has 0 unspecified atom stereocenters. The van der Waals surface area contributed by atoms with Gasteiger partial charge in [-0.15, -0.1) is 11.3 Å². The third-order valence-electron chi connectivity index (χ3n) is 4.20. The highest BCUT2D eigenvalue weighted by Gasteiger charge is 2.18. The molecule has 8 heteroatoms. The van der Waals surface area contributed by atoms with E-state index >= 15 is 0 Å². The van der Waals surface area contributed by atoms with Crippen LogP contribution in [0.3, 0.4) is 0 Å². The normalized spacial score (nSPS) is 10.9.